The van der Waals surface area contributed by atoms with Crippen LogP contribution in [0.3, 0.4) is 0 Å². The van der Waals surface area contributed by atoms with Crippen LogP contribution in [0.1, 0.15) is 68.6 Å². The predicted octanol–water partition coefficient (Wildman–Crippen LogP) is 6.74. The molecule has 3 heterocycles. The Morgan fingerprint density at radius 1 is 1.12 bits per heavy atom. The van der Waals surface area contributed by atoms with Crippen molar-refractivity contribution in [2.75, 3.05) is 19.6 Å². The van der Waals surface area contributed by atoms with E-state index in [4.69, 9.17) is 0 Å². The number of fused-ring (bicyclic) bond motifs is 2. The predicted molar refractivity (Wildman–Crippen MR) is 136 cm³/mol. The van der Waals surface area contributed by atoms with Gasteiger partial charge in [0.1, 0.15) is 0 Å². The number of aryl methyl sites for hydroxylation is 2. The van der Waals surface area contributed by atoms with Gasteiger partial charge < -0.3 is 14.5 Å². The zero-order valence-electron chi connectivity index (χ0n) is 20.2. The van der Waals surface area contributed by atoms with Crippen molar-refractivity contribution < 1.29 is 0 Å². The molecule has 5 rings (SSSR count). The van der Waals surface area contributed by atoms with Crippen molar-refractivity contribution in [1.82, 2.24) is 19.4 Å². The number of nitrogens with one attached hydrogen (secondary N) is 1. The number of aromatic amines is 1. The summed E-state index contributed by atoms with van der Waals surface area (Å²) in [4.78, 5) is 11.0. The lowest BCUT2D eigenvalue weighted by Gasteiger charge is -2.32. The highest BCUT2D eigenvalue weighted by atomic mass is 15.1. The second-order valence-corrected chi connectivity index (χ2v) is 10.0. The molecule has 0 saturated carbocycles. The monoisotopic (exact) mass is 428 g/mol. The normalized spacial score (nSPS) is 16.1. The van der Waals surface area contributed by atoms with Gasteiger partial charge in [-0.05, 0) is 98.6 Å². The van der Waals surface area contributed by atoms with Gasteiger partial charge in [0.05, 0.1) is 23.1 Å². The molecule has 168 valence electrons. The minimum absolute atomic E-state index is 0.447. The van der Waals surface area contributed by atoms with E-state index in [0.29, 0.717) is 11.8 Å². The molecule has 1 fully saturated rings. The van der Waals surface area contributed by atoms with E-state index in [1.165, 1.54) is 83.3 Å². The van der Waals surface area contributed by atoms with Crippen LogP contribution in [-0.2, 0) is 7.05 Å². The Labute approximate surface area is 191 Å². The molecule has 4 nitrogen and oxygen atoms in total. The van der Waals surface area contributed by atoms with Crippen LogP contribution in [-0.4, -0.2) is 39.1 Å². The molecule has 4 heteroatoms. The summed E-state index contributed by atoms with van der Waals surface area (Å²) in [6.45, 7) is 12.8. The van der Waals surface area contributed by atoms with Gasteiger partial charge in [-0.15, -0.1) is 0 Å². The molecule has 0 atom stereocenters. The average Bonchev–Trinajstić information content (AvgIpc) is 3.35. The van der Waals surface area contributed by atoms with Crippen molar-refractivity contribution in [1.29, 1.82) is 0 Å². The van der Waals surface area contributed by atoms with Gasteiger partial charge in [-0.3, -0.25) is 0 Å². The zero-order chi connectivity index (χ0) is 22.4. The highest BCUT2D eigenvalue weighted by Crippen LogP contribution is 2.39. The second-order valence-electron chi connectivity index (χ2n) is 10.0. The maximum atomic E-state index is 4.58. The highest BCUT2D eigenvalue weighted by molar-refractivity contribution is 5.94. The molecule has 1 aliphatic rings. The van der Waals surface area contributed by atoms with Gasteiger partial charge in [0.15, 0.2) is 0 Å². The molecule has 0 aliphatic carbocycles. The molecule has 32 heavy (non-hydrogen) atoms. The van der Waals surface area contributed by atoms with Crippen molar-refractivity contribution in [2.45, 2.75) is 58.8 Å². The molecule has 1 N–H and O–H groups in total. The number of rotatable bonds is 5. The van der Waals surface area contributed by atoms with Crippen LogP contribution in [0.25, 0.3) is 33.2 Å². The quantitative estimate of drug-likeness (QED) is 0.382. The van der Waals surface area contributed by atoms with Crippen LogP contribution < -0.4 is 0 Å². The molecule has 0 radical (unpaired) electrons. The maximum Gasteiger partial charge on any atom is 0.0955 e. The van der Waals surface area contributed by atoms with Gasteiger partial charge in [-0.25, -0.2) is 4.98 Å². The molecule has 0 unspecified atom stereocenters. The summed E-state index contributed by atoms with van der Waals surface area (Å²) < 4.78 is 2.12. The fourth-order valence-electron chi connectivity index (χ4n) is 5.67. The first-order valence-electron chi connectivity index (χ1n) is 12.3. The van der Waals surface area contributed by atoms with E-state index >= 15 is 0 Å². The van der Waals surface area contributed by atoms with Gasteiger partial charge >= 0.3 is 0 Å². The summed E-state index contributed by atoms with van der Waals surface area (Å²) in [6.07, 6.45) is 5.71. The molecule has 1 aliphatic heterocycles. The fraction of sp³-hybridized carbons (Fsp3) is 0.464. The number of aromatic nitrogens is 3. The molecule has 4 aromatic rings. The summed E-state index contributed by atoms with van der Waals surface area (Å²) in [7, 11) is 2.07. The van der Waals surface area contributed by atoms with Crippen molar-refractivity contribution in [3.63, 3.8) is 0 Å². The Morgan fingerprint density at radius 2 is 1.91 bits per heavy atom. The average molecular weight is 429 g/mol. The first-order valence-corrected chi connectivity index (χ1v) is 12.3. The SMILES string of the molecule is CCCN1CCC(c2ccc3[nH]c(-c4cc(C)c5ncn(C)c5c4)c(C(C)C)c3c2)CC1. The number of likely N-dealkylation sites (tertiary alicyclic amines) is 1. The van der Waals surface area contributed by atoms with Gasteiger partial charge in [0.2, 0.25) is 0 Å². The van der Waals surface area contributed by atoms with Crippen LogP contribution >= 0.6 is 0 Å². The van der Waals surface area contributed by atoms with E-state index in [-0.39, 0.29) is 0 Å². The number of H-pyrrole nitrogens is 1. The van der Waals surface area contributed by atoms with Gasteiger partial charge in [-0.2, -0.15) is 0 Å². The van der Waals surface area contributed by atoms with Crippen molar-refractivity contribution in [2.24, 2.45) is 7.05 Å². The number of hydrogen-bond acceptors (Lipinski definition) is 2. The van der Waals surface area contributed by atoms with Gasteiger partial charge in [0, 0.05) is 23.5 Å². The Balaban J connectivity index is 1.57. The van der Waals surface area contributed by atoms with Gasteiger partial charge in [0.25, 0.3) is 0 Å². The summed E-state index contributed by atoms with van der Waals surface area (Å²) in [5, 5.41) is 1.39. The van der Waals surface area contributed by atoms with Gasteiger partial charge in [-0.1, -0.05) is 26.8 Å². The van der Waals surface area contributed by atoms with E-state index < -0.39 is 0 Å². The fourth-order valence-corrected chi connectivity index (χ4v) is 5.67. The standard InChI is InChI=1S/C28H36N4/c1-6-11-32-12-9-20(10-13-32)21-7-8-24-23(15-21)26(18(2)3)28(30-24)22-14-19(4)27-25(16-22)31(5)17-29-27/h7-8,14-18,20,30H,6,9-13H2,1-5H3. The Morgan fingerprint density at radius 3 is 2.62 bits per heavy atom. The Hall–Kier alpha value is -2.59. The summed E-state index contributed by atoms with van der Waals surface area (Å²) >= 11 is 0. The van der Waals surface area contributed by atoms with E-state index in [1.54, 1.807) is 0 Å². The third-order valence-corrected chi connectivity index (χ3v) is 7.35. The Bertz CT molecular complexity index is 1250. The summed E-state index contributed by atoms with van der Waals surface area (Å²) in [5.41, 5.74) is 10.2. The topological polar surface area (TPSA) is 36.9 Å². The van der Waals surface area contributed by atoms with E-state index in [9.17, 15) is 0 Å². The van der Waals surface area contributed by atoms with Crippen molar-refractivity contribution in [3.8, 4) is 11.3 Å². The lowest BCUT2D eigenvalue weighted by atomic mass is 9.87. The molecule has 2 aromatic heterocycles. The van der Waals surface area contributed by atoms with E-state index in [0.717, 1.165) is 5.52 Å². The molecular weight excluding hydrogens is 392 g/mol. The summed E-state index contributed by atoms with van der Waals surface area (Å²) in [6, 6.07) is 11.7. The Kier molecular flexibility index (Phi) is 5.58. The molecule has 0 amide bonds. The van der Waals surface area contributed by atoms with Crippen LogP contribution in [0.15, 0.2) is 36.7 Å². The summed E-state index contributed by atoms with van der Waals surface area (Å²) in [5.74, 6) is 1.13. The third kappa shape index (κ3) is 3.65. The molecular formula is C28H36N4. The van der Waals surface area contributed by atoms with Crippen LogP contribution in [0.2, 0.25) is 0 Å². The van der Waals surface area contributed by atoms with E-state index in [2.05, 4.69) is 84.5 Å². The number of nitrogens with zero attached hydrogens (tertiary/aromatic N) is 3. The second kappa shape index (κ2) is 8.40. The number of piperidine rings is 1. The number of hydrogen-bond donors (Lipinski definition) is 1. The minimum Gasteiger partial charge on any atom is -0.354 e. The van der Waals surface area contributed by atoms with Crippen molar-refractivity contribution in [3.05, 3.63) is 53.3 Å². The zero-order valence-corrected chi connectivity index (χ0v) is 20.2. The van der Waals surface area contributed by atoms with Crippen LogP contribution in [0, 0.1) is 6.92 Å². The smallest absolute Gasteiger partial charge is 0.0955 e. The van der Waals surface area contributed by atoms with Crippen LogP contribution in [0.4, 0.5) is 0 Å². The minimum atomic E-state index is 0.447. The lowest BCUT2D eigenvalue weighted by Crippen LogP contribution is -2.33. The first-order chi connectivity index (χ1) is 15.5. The van der Waals surface area contributed by atoms with E-state index in [1.807, 2.05) is 6.33 Å². The molecule has 1 saturated heterocycles. The first kappa shape index (κ1) is 21.3. The molecule has 0 spiro atoms. The van der Waals surface area contributed by atoms with Crippen molar-refractivity contribution >= 4 is 21.9 Å². The van der Waals surface area contributed by atoms with Crippen LogP contribution in [0.5, 0.6) is 0 Å². The lowest BCUT2D eigenvalue weighted by molar-refractivity contribution is 0.213. The number of benzene rings is 2. The molecule has 0 bridgehead atoms. The number of imidazole rings is 1. The maximum absolute atomic E-state index is 4.58. The third-order valence-electron chi connectivity index (χ3n) is 7.35. The largest absolute Gasteiger partial charge is 0.354 e. The highest BCUT2D eigenvalue weighted by Gasteiger charge is 2.23. The molecule has 2 aromatic carbocycles.